The molecule has 3 nitrogen and oxygen atoms in total. The van der Waals surface area contributed by atoms with Gasteiger partial charge in [0.2, 0.25) is 0 Å². The molecule has 284 valence electrons. The molecular weight excluding hydrogens is 725 g/mol. The molecule has 4 heteroatoms. The highest BCUT2D eigenvalue weighted by Crippen LogP contribution is 2.47. The van der Waals surface area contributed by atoms with Gasteiger partial charge >= 0.3 is 6.85 Å². The van der Waals surface area contributed by atoms with Crippen LogP contribution in [0.3, 0.4) is 0 Å². The van der Waals surface area contributed by atoms with Gasteiger partial charge in [-0.15, -0.1) is 0 Å². The summed E-state index contributed by atoms with van der Waals surface area (Å²) in [4.78, 5) is 0. The molecule has 8 aromatic carbocycles. The maximum absolute atomic E-state index is 10.0. The second kappa shape index (κ2) is 12.2. The zero-order chi connectivity index (χ0) is 40.9. The minimum absolute atomic E-state index is 0.0723. The highest BCUT2D eigenvalue weighted by Gasteiger charge is 2.43. The predicted octanol–water partition coefficient (Wildman–Crippen LogP) is 12.9. The zero-order valence-corrected chi connectivity index (χ0v) is 35.0. The summed E-state index contributed by atoms with van der Waals surface area (Å²) < 4.78 is 5.25. The van der Waals surface area contributed by atoms with Crippen LogP contribution in [0.2, 0.25) is 0 Å². The highest BCUT2D eigenvalue weighted by molar-refractivity contribution is 6.90. The largest absolute Gasteiger partial charge is 0.375 e. The maximum Gasteiger partial charge on any atom is 0.333 e. The maximum atomic E-state index is 10.0. The van der Waals surface area contributed by atoms with E-state index >= 15 is 0 Å². The van der Waals surface area contributed by atoms with Crippen molar-refractivity contribution in [1.82, 2.24) is 9.05 Å². The summed E-state index contributed by atoms with van der Waals surface area (Å²) in [6.45, 7) is 15.7. The van der Waals surface area contributed by atoms with Crippen LogP contribution in [-0.4, -0.2) is 15.9 Å². The molecule has 0 bridgehead atoms. The summed E-state index contributed by atoms with van der Waals surface area (Å²) >= 11 is 0. The van der Waals surface area contributed by atoms with Gasteiger partial charge in [-0.25, -0.2) is 0 Å². The Morgan fingerprint density at radius 2 is 1.15 bits per heavy atom. The Labute approximate surface area is 350 Å². The number of hydrogen-bond donors (Lipinski definition) is 0. The van der Waals surface area contributed by atoms with Crippen LogP contribution in [-0.2, 0) is 0 Å². The highest BCUT2D eigenvalue weighted by atomic mass is 15.0. The van der Waals surface area contributed by atoms with Gasteiger partial charge in [-0.05, 0) is 169 Å². The first-order valence-electron chi connectivity index (χ1n) is 21.1. The average molecular weight is 768 g/mol. The van der Waals surface area contributed by atoms with E-state index in [1.165, 1.54) is 133 Å². The standard InChI is InChI=1S/C56H42BN3/c1-30-20-32(3)51(33(4)21-30)39-18-19-48-45(25-39)46-26-40(52-34(5)22-31(2)23-35(52)6)27-47-56(46)59(48)50-28-44(38-13-10-12-37(24-38)29-58)36(7)53-43-16-11-15-42-41-14-8-9-17-49(41)60(55(42)43)57(47)54(50)53/h8-28H,1-7H3. The fourth-order valence-electron chi connectivity index (χ4n) is 11.8. The van der Waals surface area contributed by atoms with Crippen LogP contribution in [0, 0.1) is 59.8 Å². The molecule has 4 heterocycles. The number of rotatable bonds is 3. The number of nitriles is 1. The molecule has 0 saturated heterocycles. The van der Waals surface area contributed by atoms with Crippen molar-refractivity contribution in [3.8, 4) is 56.3 Å². The monoisotopic (exact) mass is 767 g/mol. The van der Waals surface area contributed by atoms with E-state index in [0.717, 1.165) is 11.1 Å². The van der Waals surface area contributed by atoms with E-state index in [1.807, 2.05) is 12.1 Å². The number of aromatic nitrogens is 2. The van der Waals surface area contributed by atoms with Crippen molar-refractivity contribution in [2.45, 2.75) is 48.5 Å². The lowest BCUT2D eigenvalue weighted by molar-refractivity contribution is 1.17. The Bertz CT molecular complexity index is 3600. The van der Waals surface area contributed by atoms with Crippen LogP contribution >= 0.6 is 0 Å². The van der Waals surface area contributed by atoms with Crippen LogP contribution < -0.4 is 10.9 Å². The predicted molar refractivity (Wildman–Crippen MR) is 254 cm³/mol. The first-order valence-corrected chi connectivity index (χ1v) is 21.1. The number of aryl methyl sites for hydroxylation is 6. The van der Waals surface area contributed by atoms with Crippen LogP contribution in [0.1, 0.15) is 44.5 Å². The summed E-state index contributed by atoms with van der Waals surface area (Å²) in [7, 11) is 0. The van der Waals surface area contributed by atoms with Crippen molar-refractivity contribution >= 4 is 61.4 Å². The normalized spacial score (nSPS) is 12.5. The first kappa shape index (κ1) is 34.9. The molecule has 2 aliphatic heterocycles. The van der Waals surface area contributed by atoms with Gasteiger partial charge in [0.15, 0.2) is 0 Å². The summed E-state index contributed by atoms with van der Waals surface area (Å²) in [5, 5.41) is 15.1. The van der Waals surface area contributed by atoms with Gasteiger partial charge in [0.05, 0.1) is 22.7 Å². The van der Waals surface area contributed by atoms with E-state index in [2.05, 4.69) is 179 Å². The minimum atomic E-state index is -0.0723. The lowest BCUT2D eigenvalue weighted by atomic mass is 9.45. The lowest BCUT2D eigenvalue weighted by Gasteiger charge is -2.36. The van der Waals surface area contributed by atoms with Crippen LogP contribution in [0.5, 0.6) is 0 Å². The van der Waals surface area contributed by atoms with Crippen molar-refractivity contribution < 1.29 is 0 Å². The third kappa shape index (κ3) is 4.55. The Morgan fingerprint density at radius 3 is 1.88 bits per heavy atom. The summed E-state index contributed by atoms with van der Waals surface area (Å²) in [5.74, 6) is 0. The molecule has 0 amide bonds. The molecule has 0 atom stereocenters. The third-order valence-electron chi connectivity index (χ3n) is 13.8. The molecule has 12 rings (SSSR count). The molecule has 60 heavy (non-hydrogen) atoms. The number of nitrogens with zero attached hydrogens (tertiary/aromatic N) is 3. The molecule has 0 unspecified atom stereocenters. The van der Waals surface area contributed by atoms with Gasteiger partial charge in [-0.2, -0.15) is 5.26 Å². The third-order valence-corrected chi connectivity index (χ3v) is 13.8. The SMILES string of the molecule is Cc1cc(C)c(-c2ccc3c(c2)c2cc(-c4c(C)cc(C)cc4C)cc4c2n3-c2cc(-c3cccc(C#N)c3)c(C)c3c2B4n2c4ccccc4c4cccc-3c42)c(C)c1. The van der Waals surface area contributed by atoms with E-state index in [0.29, 0.717) is 5.56 Å². The van der Waals surface area contributed by atoms with Crippen LogP contribution in [0.15, 0.2) is 127 Å². The number of benzene rings is 8. The Balaban J connectivity index is 1.30. The molecule has 0 spiro atoms. The quantitative estimate of drug-likeness (QED) is 0.165. The lowest BCUT2D eigenvalue weighted by Crippen LogP contribution is -2.55. The van der Waals surface area contributed by atoms with E-state index in [-0.39, 0.29) is 6.85 Å². The van der Waals surface area contributed by atoms with Crippen molar-refractivity contribution in [3.05, 3.63) is 172 Å². The van der Waals surface area contributed by atoms with Crippen molar-refractivity contribution in [1.29, 1.82) is 5.26 Å². The van der Waals surface area contributed by atoms with Gasteiger partial charge in [0.1, 0.15) is 0 Å². The molecule has 0 fully saturated rings. The summed E-state index contributed by atoms with van der Waals surface area (Å²) in [6, 6.07) is 50.3. The second-order valence-electron chi connectivity index (χ2n) is 17.6. The van der Waals surface area contributed by atoms with Crippen molar-refractivity contribution in [3.63, 3.8) is 0 Å². The second-order valence-corrected chi connectivity index (χ2v) is 17.6. The summed E-state index contributed by atoms with van der Waals surface area (Å²) in [5.41, 5.74) is 28.5. The number of para-hydroxylation sites is 2. The Kier molecular flexibility index (Phi) is 7.11. The zero-order valence-electron chi connectivity index (χ0n) is 35.0. The van der Waals surface area contributed by atoms with Gasteiger partial charge in [-0.1, -0.05) is 96.1 Å². The van der Waals surface area contributed by atoms with Crippen LogP contribution in [0.4, 0.5) is 0 Å². The van der Waals surface area contributed by atoms with E-state index in [4.69, 9.17) is 0 Å². The smallest absolute Gasteiger partial charge is 0.333 e. The molecule has 0 saturated carbocycles. The van der Waals surface area contributed by atoms with Crippen LogP contribution in [0.25, 0.3) is 93.8 Å². The van der Waals surface area contributed by atoms with Crippen molar-refractivity contribution in [2.24, 2.45) is 0 Å². The van der Waals surface area contributed by atoms with E-state index < -0.39 is 0 Å². The van der Waals surface area contributed by atoms with Gasteiger partial charge < -0.3 is 9.05 Å². The fourth-order valence-corrected chi connectivity index (χ4v) is 11.8. The van der Waals surface area contributed by atoms with E-state index in [1.54, 1.807) is 0 Å². The topological polar surface area (TPSA) is 33.6 Å². The number of hydrogen-bond acceptors (Lipinski definition) is 1. The Morgan fingerprint density at radius 1 is 0.483 bits per heavy atom. The van der Waals surface area contributed by atoms with Gasteiger partial charge in [-0.3, -0.25) is 0 Å². The molecule has 0 radical (unpaired) electrons. The van der Waals surface area contributed by atoms with E-state index in [9.17, 15) is 5.26 Å². The number of fused-ring (bicyclic) bond motifs is 10. The molecule has 2 aromatic heterocycles. The van der Waals surface area contributed by atoms with Gasteiger partial charge in [0, 0.05) is 43.8 Å². The molecular formula is C56H42BN3. The molecule has 0 N–H and O–H groups in total. The van der Waals surface area contributed by atoms with Gasteiger partial charge in [0.25, 0.3) is 0 Å². The molecule has 0 aliphatic carbocycles. The first-order chi connectivity index (χ1) is 29.1. The van der Waals surface area contributed by atoms with Crippen molar-refractivity contribution in [2.75, 3.05) is 0 Å². The minimum Gasteiger partial charge on any atom is -0.375 e. The Hall–Kier alpha value is -7.09. The molecule has 2 aliphatic rings. The summed E-state index contributed by atoms with van der Waals surface area (Å²) in [6.07, 6.45) is 0. The average Bonchev–Trinajstić information content (AvgIpc) is 3.74. The fraction of sp³-hybridized carbons (Fsp3) is 0.125. The molecule has 10 aromatic rings.